The highest BCUT2D eigenvalue weighted by Gasteiger charge is 1.99. The molecule has 0 aromatic heterocycles. The van der Waals surface area contributed by atoms with Crippen LogP contribution < -0.4 is 5.32 Å². The molecule has 1 nitrogen and oxygen atoms in total. The van der Waals surface area contributed by atoms with Crippen LogP contribution in [0.1, 0.15) is 32.6 Å². The van der Waals surface area contributed by atoms with Gasteiger partial charge in [0, 0.05) is 12.6 Å². The molecule has 0 radical (unpaired) electrons. The van der Waals surface area contributed by atoms with Crippen molar-refractivity contribution in [2.45, 2.75) is 32.6 Å². The molecule has 1 aliphatic carbocycles. The van der Waals surface area contributed by atoms with Crippen molar-refractivity contribution in [1.82, 2.24) is 5.32 Å². The lowest BCUT2D eigenvalue weighted by atomic mass is 10.1. The highest BCUT2D eigenvalue weighted by Crippen LogP contribution is 2.18. The fourth-order valence-corrected chi connectivity index (χ4v) is 1.63. The summed E-state index contributed by atoms with van der Waals surface area (Å²) in [5, 5.41) is 2.88. The van der Waals surface area contributed by atoms with Gasteiger partial charge in [-0.1, -0.05) is 43.2 Å². The molecular formula is C14H19N. The molecular weight excluding hydrogens is 182 g/mol. The Morgan fingerprint density at radius 1 is 1.60 bits per heavy atom. The minimum Gasteiger partial charge on any atom is -0.346 e. The molecule has 1 aliphatic rings. The summed E-state index contributed by atoms with van der Waals surface area (Å²) < 4.78 is 0. The third kappa shape index (κ3) is 4.56. The Labute approximate surface area is 93.0 Å². The first-order chi connectivity index (χ1) is 7.36. The Hall–Kier alpha value is -1.42. The summed E-state index contributed by atoms with van der Waals surface area (Å²) in [4.78, 5) is 0. The summed E-state index contributed by atoms with van der Waals surface area (Å²) >= 11 is 0. The maximum atomic E-state index is 5.11. The van der Waals surface area contributed by atoms with Gasteiger partial charge < -0.3 is 5.32 Å². The second-order valence-corrected chi connectivity index (χ2v) is 3.65. The van der Waals surface area contributed by atoms with Crippen molar-refractivity contribution < 1.29 is 0 Å². The molecule has 0 saturated heterocycles. The zero-order chi connectivity index (χ0) is 10.9. The SMILES string of the molecule is C#CNCC/C=C1/C=C(CC)C=CCC1. The van der Waals surface area contributed by atoms with Crippen LogP contribution in [0.3, 0.4) is 0 Å². The molecule has 0 bridgehead atoms. The van der Waals surface area contributed by atoms with Gasteiger partial charge in [0.1, 0.15) is 0 Å². The van der Waals surface area contributed by atoms with E-state index < -0.39 is 0 Å². The van der Waals surface area contributed by atoms with Gasteiger partial charge in [0.05, 0.1) is 0 Å². The van der Waals surface area contributed by atoms with Crippen molar-refractivity contribution >= 4 is 0 Å². The van der Waals surface area contributed by atoms with Gasteiger partial charge in [-0.25, -0.2) is 0 Å². The van der Waals surface area contributed by atoms with Gasteiger partial charge in [-0.3, -0.25) is 0 Å². The fourth-order valence-electron chi connectivity index (χ4n) is 1.63. The summed E-state index contributed by atoms with van der Waals surface area (Å²) in [5.41, 5.74) is 2.86. The number of hydrogen-bond acceptors (Lipinski definition) is 1. The van der Waals surface area contributed by atoms with Crippen molar-refractivity contribution in [1.29, 1.82) is 0 Å². The number of nitrogens with one attached hydrogen (secondary N) is 1. The highest BCUT2D eigenvalue weighted by atomic mass is 14.8. The van der Waals surface area contributed by atoms with E-state index in [9.17, 15) is 0 Å². The predicted octanol–water partition coefficient (Wildman–Crippen LogP) is 3.17. The molecule has 0 aliphatic heterocycles. The first-order valence-corrected chi connectivity index (χ1v) is 5.61. The molecule has 0 amide bonds. The van der Waals surface area contributed by atoms with E-state index in [4.69, 9.17) is 6.42 Å². The molecule has 1 N–H and O–H groups in total. The summed E-state index contributed by atoms with van der Waals surface area (Å²) in [6.45, 7) is 3.06. The van der Waals surface area contributed by atoms with E-state index in [1.54, 1.807) is 0 Å². The molecule has 1 heteroatoms. The van der Waals surface area contributed by atoms with E-state index >= 15 is 0 Å². The average molecular weight is 201 g/mol. The smallest absolute Gasteiger partial charge is 0.0264 e. The van der Waals surface area contributed by atoms with Gasteiger partial charge in [-0.05, 0) is 31.3 Å². The maximum Gasteiger partial charge on any atom is 0.0264 e. The molecule has 80 valence electrons. The monoisotopic (exact) mass is 201 g/mol. The number of terminal acetylenes is 1. The number of allylic oxidation sites excluding steroid dienone is 5. The van der Waals surface area contributed by atoms with Crippen molar-refractivity contribution in [2.24, 2.45) is 0 Å². The summed E-state index contributed by atoms with van der Waals surface area (Å²) in [5.74, 6) is 0. The average Bonchev–Trinajstić information content (AvgIpc) is 2.49. The van der Waals surface area contributed by atoms with Crippen LogP contribution in [-0.4, -0.2) is 6.54 Å². The molecule has 0 heterocycles. The first kappa shape index (κ1) is 11.7. The largest absolute Gasteiger partial charge is 0.346 e. The molecule has 0 atom stereocenters. The lowest BCUT2D eigenvalue weighted by Gasteiger charge is -2.00. The molecule has 1 rings (SSSR count). The standard InChI is InChI=1S/C14H19N/c1-3-13-8-5-6-9-14(12-13)10-7-11-15-4-2/h2,5,8,10,12,15H,3,6-7,9,11H2,1H3/b14-10+. The van der Waals surface area contributed by atoms with Crippen LogP contribution in [0.4, 0.5) is 0 Å². The zero-order valence-corrected chi connectivity index (χ0v) is 9.42. The van der Waals surface area contributed by atoms with Gasteiger partial charge in [-0.15, -0.1) is 0 Å². The summed E-state index contributed by atoms with van der Waals surface area (Å²) in [7, 11) is 0. The third-order valence-electron chi connectivity index (χ3n) is 2.49. The minimum absolute atomic E-state index is 0.864. The van der Waals surface area contributed by atoms with Gasteiger partial charge >= 0.3 is 0 Å². The first-order valence-electron chi connectivity index (χ1n) is 5.61. The van der Waals surface area contributed by atoms with Crippen LogP contribution in [-0.2, 0) is 0 Å². The quantitative estimate of drug-likeness (QED) is 0.418. The Bertz CT molecular complexity index is 313. The highest BCUT2D eigenvalue weighted by molar-refractivity contribution is 5.32. The van der Waals surface area contributed by atoms with Crippen LogP contribution in [0.5, 0.6) is 0 Å². The normalized spacial score (nSPS) is 18.1. The third-order valence-corrected chi connectivity index (χ3v) is 2.49. The van der Waals surface area contributed by atoms with E-state index in [0.29, 0.717) is 0 Å². The number of hydrogen-bond donors (Lipinski definition) is 1. The van der Waals surface area contributed by atoms with Crippen molar-refractivity contribution in [3.8, 4) is 12.5 Å². The Kier molecular flexibility index (Phi) is 5.40. The lowest BCUT2D eigenvalue weighted by molar-refractivity contribution is 0.866. The van der Waals surface area contributed by atoms with Crippen molar-refractivity contribution in [2.75, 3.05) is 6.54 Å². The van der Waals surface area contributed by atoms with Crippen LogP contribution in [0, 0.1) is 12.5 Å². The van der Waals surface area contributed by atoms with Crippen LogP contribution in [0.25, 0.3) is 0 Å². The van der Waals surface area contributed by atoms with E-state index in [2.05, 4.69) is 42.6 Å². The Morgan fingerprint density at radius 2 is 2.47 bits per heavy atom. The van der Waals surface area contributed by atoms with Crippen molar-refractivity contribution in [3.63, 3.8) is 0 Å². The van der Waals surface area contributed by atoms with Crippen molar-refractivity contribution in [3.05, 3.63) is 35.5 Å². The van der Waals surface area contributed by atoms with E-state index in [1.165, 1.54) is 11.1 Å². The van der Waals surface area contributed by atoms with E-state index in [0.717, 1.165) is 32.2 Å². The van der Waals surface area contributed by atoms with Crippen LogP contribution in [0.15, 0.2) is 35.5 Å². The lowest BCUT2D eigenvalue weighted by Crippen LogP contribution is -2.05. The minimum atomic E-state index is 0.864. The molecule has 0 fully saturated rings. The molecule has 0 saturated carbocycles. The Balaban J connectivity index is 2.50. The molecule has 15 heavy (non-hydrogen) atoms. The fraction of sp³-hybridized carbons (Fsp3) is 0.429. The van der Waals surface area contributed by atoms with Gasteiger partial charge in [0.15, 0.2) is 0 Å². The van der Waals surface area contributed by atoms with Gasteiger partial charge in [0.25, 0.3) is 0 Å². The maximum absolute atomic E-state index is 5.11. The molecule has 0 aromatic carbocycles. The number of rotatable bonds is 4. The molecule has 0 aromatic rings. The second kappa shape index (κ2) is 6.95. The van der Waals surface area contributed by atoms with Gasteiger partial charge in [0.2, 0.25) is 0 Å². The summed E-state index contributed by atoms with van der Waals surface area (Å²) in [6, 6.07) is 2.43. The molecule has 0 unspecified atom stereocenters. The van der Waals surface area contributed by atoms with E-state index in [1.807, 2.05) is 0 Å². The van der Waals surface area contributed by atoms with E-state index in [-0.39, 0.29) is 0 Å². The summed E-state index contributed by atoms with van der Waals surface area (Å²) in [6.07, 6.45) is 18.6. The van der Waals surface area contributed by atoms with Crippen LogP contribution in [0.2, 0.25) is 0 Å². The predicted molar refractivity (Wildman–Crippen MR) is 66.3 cm³/mol. The van der Waals surface area contributed by atoms with Crippen LogP contribution >= 0.6 is 0 Å². The second-order valence-electron chi connectivity index (χ2n) is 3.65. The molecule has 0 spiro atoms. The zero-order valence-electron chi connectivity index (χ0n) is 9.42. The Morgan fingerprint density at radius 3 is 3.20 bits per heavy atom. The topological polar surface area (TPSA) is 12.0 Å². The van der Waals surface area contributed by atoms with Gasteiger partial charge in [-0.2, -0.15) is 0 Å².